The normalized spacial score (nSPS) is 16.2. The van der Waals surface area contributed by atoms with E-state index in [1.165, 1.54) is 5.56 Å². The lowest BCUT2D eigenvalue weighted by molar-refractivity contribution is 0.508. The maximum Gasteiger partial charge on any atom is 0.286 e. The van der Waals surface area contributed by atoms with Crippen LogP contribution in [0.5, 0.6) is 0 Å². The van der Waals surface area contributed by atoms with Gasteiger partial charge in [0.2, 0.25) is 0 Å². The molecule has 2 aromatic carbocycles. The third-order valence-electron chi connectivity index (χ3n) is 6.03. The van der Waals surface area contributed by atoms with Gasteiger partial charge in [0, 0.05) is 30.9 Å². The van der Waals surface area contributed by atoms with Gasteiger partial charge in [-0.1, -0.05) is 41.4 Å². The van der Waals surface area contributed by atoms with Crippen LogP contribution >= 0.6 is 23.2 Å². The van der Waals surface area contributed by atoms with E-state index in [1.54, 1.807) is 24.5 Å². The summed E-state index contributed by atoms with van der Waals surface area (Å²) in [4.78, 5) is 17.5. The number of nitrogens with zero attached hydrogens (tertiary/aromatic N) is 5. The van der Waals surface area contributed by atoms with Gasteiger partial charge in [0.05, 0.1) is 21.1 Å². The van der Waals surface area contributed by atoms with Crippen molar-refractivity contribution in [2.45, 2.75) is 18.8 Å². The molecule has 0 saturated carbocycles. The number of para-hydroxylation sites is 1. The van der Waals surface area contributed by atoms with Crippen LogP contribution in [-0.4, -0.2) is 34.0 Å². The number of hydrogen-bond acceptors (Lipinski definition) is 4. The smallest absolute Gasteiger partial charge is 0.286 e. The number of aromatic amines is 1. The predicted molar refractivity (Wildman–Crippen MR) is 142 cm³/mol. The maximum absolute atomic E-state index is 7.20. The molecule has 10 heteroatoms. The van der Waals surface area contributed by atoms with Crippen molar-refractivity contribution >= 4 is 57.4 Å². The zero-order valence-electron chi connectivity index (χ0n) is 18.7. The minimum atomic E-state index is 0.244. The van der Waals surface area contributed by atoms with Crippen molar-refractivity contribution in [3.63, 3.8) is 0 Å². The number of guanidine groups is 1. The molecule has 5 rings (SSSR count). The average Bonchev–Trinajstić information content (AvgIpc) is 3.36. The molecule has 0 amide bonds. The Morgan fingerprint density at radius 2 is 1.94 bits per heavy atom. The molecule has 1 aliphatic rings. The minimum absolute atomic E-state index is 0.244. The van der Waals surface area contributed by atoms with Gasteiger partial charge in [-0.15, -0.1) is 4.95 Å². The van der Waals surface area contributed by atoms with Gasteiger partial charge in [-0.2, -0.15) is 6.57 Å². The number of nitrogens with one attached hydrogen (secondary N) is 3. The van der Waals surface area contributed by atoms with Crippen molar-refractivity contribution in [1.82, 2.24) is 15.0 Å². The molecule has 3 heterocycles. The highest BCUT2D eigenvalue weighted by atomic mass is 35.5. The molecule has 0 radical (unpaired) electrons. The summed E-state index contributed by atoms with van der Waals surface area (Å²) in [5, 5.41) is 12.0. The first-order valence-corrected chi connectivity index (χ1v) is 11.9. The van der Waals surface area contributed by atoms with Crippen LogP contribution in [-0.2, 0) is 0 Å². The van der Waals surface area contributed by atoms with E-state index in [4.69, 9.17) is 29.8 Å². The Morgan fingerprint density at radius 1 is 1.11 bits per heavy atom. The summed E-state index contributed by atoms with van der Waals surface area (Å²) in [6.07, 6.45) is 5.65. The van der Waals surface area contributed by atoms with E-state index in [0.29, 0.717) is 21.7 Å². The van der Waals surface area contributed by atoms with Crippen LogP contribution in [0, 0.1) is 6.57 Å². The molecule has 35 heavy (non-hydrogen) atoms. The highest BCUT2D eigenvalue weighted by Crippen LogP contribution is 2.33. The van der Waals surface area contributed by atoms with Gasteiger partial charge in [0.25, 0.3) is 5.96 Å². The zero-order chi connectivity index (χ0) is 24.2. The van der Waals surface area contributed by atoms with Crippen molar-refractivity contribution in [2.24, 2.45) is 5.10 Å². The maximum atomic E-state index is 7.20. The van der Waals surface area contributed by atoms with E-state index in [-0.39, 0.29) is 5.96 Å². The molecule has 2 aromatic heterocycles. The largest absolute Gasteiger partial charge is 0.355 e. The summed E-state index contributed by atoms with van der Waals surface area (Å²) in [6.45, 7) is 9.01. The molecule has 0 aliphatic carbocycles. The summed E-state index contributed by atoms with van der Waals surface area (Å²) in [7, 11) is 0. The number of halogens is 2. The van der Waals surface area contributed by atoms with Crippen LogP contribution in [0.3, 0.4) is 0 Å². The molecule has 8 nitrogen and oxygen atoms in total. The second kappa shape index (κ2) is 10.2. The molecule has 0 bridgehead atoms. The molecule has 176 valence electrons. The number of rotatable bonds is 4. The molecule has 4 aromatic rings. The fraction of sp³-hybridized carbons (Fsp3) is 0.200. The topological polar surface area (TPSA) is 85.6 Å². The van der Waals surface area contributed by atoms with Crippen LogP contribution in [0.1, 0.15) is 24.3 Å². The van der Waals surface area contributed by atoms with Gasteiger partial charge in [0.1, 0.15) is 22.9 Å². The van der Waals surface area contributed by atoms with Gasteiger partial charge < -0.3 is 20.5 Å². The third-order valence-corrected chi connectivity index (χ3v) is 6.66. The number of H-pyrrole nitrogens is 1. The van der Waals surface area contributed by atoms with E-state index < -0.39 is 0 Å². The fourth-order valence-electron chi connectivity index (χ4n) is 4.43. The van der Waals surface area contributed by atoms with E-state index in [0.717, 1.165) is 48.5 Å². The monoisotopic (exact) mass is 504 g/mol. The molecule has 0 spiro atoms. The van der Waals surface area contributed by atoms with Crippen molar-refractivity contribution < 1.29 is 0 Å². The van der Waals surface area contributed by atoms with Crippen LogP contribution < -0.4 is 15.5 Å². The SMILES string of the molecule is [C-]#[N+]/N=C(/Nc1cccc(C2CCCN(c3ncnc4[nH]ccc34)C2)c1)Nc1c(Cl)cccc1Cl. The van der Waals surface area contributed by atoms with Gasteiger partial charge in [0.15, 0.2) is 0 Å². The van der Waals surface area contributed by atoms with Crippen molar-refractivity contribution in [2.75, 3.05) is 28.6 Å². The first kappa shape index (κ1) is 23.0. The summed E-state index contributed by atoms with van der Waals surface area (Å²) in [5.74, 6) is 1.54. The second-order valence-corrected chi connectivity index (χ2v) is 9.06. The molecule has 1 aliphatic heterocycles. The lowest BCUT2D eigenvalue weighted by atomic mass is 9.90. The van der Waals surface area contributed by atoms with E-state index in [9.17, 15) is 0 Å². The fourth-order valence-corrected chi connectivity index (χ4v) is 4.92. The average molecular weight is 505 g/mol. The molecule has 1 atom stereocenters. The number of benzene rings is 2. The third kappa shape index (κ3) is 5.02. The minimum Gasteiger partial charge on any atom is -0.355 e. The summed E-state index contributed by atoms with van der Waals surface area (Å²) < 4.78 is 0. The van der Waals surface area contributed by atoms with Crippen LogP contribution in [0.4, 0.5) is 17.2 Å². The van der Waals surface area contributed by atoms with Gasteiger partial charge in [-0.3, -0.25) is 0 Å². The molecule has 3 N–H and O–H groups in total. The Bertz CT molecular complexity index is 1400. The summed E-state index contributed by atoms with van der Waals surface area (Å²) in [6, 6.07) is 15.4. The van der Waals surface area contributed by atoms with Gasteiger partial charge >= 0.3 is 0 Å². The van der Waals surface area contributed by atoms with E-state index in [1.807, 2.05) is 24.4 Å². The van der Waals surface area contributed by atoms with Gasteiger partial charge in [-0.05, 0) is 48.7 Å². The second-order valence-electron chi connectivity index (χ2n) is 8.24. The van der Waals surface area contributed by atoms with E-state index in [2.05, 4.69) is 52.7 Å². The first-order valence-electron chi connectivity index (χ1n) is 11.2. The van der Waals surface area contributed by atoms with Crippen LogP contribution in [0.2, 0.25) is 10.0 Å². The number of fused-ring (bicyclic) bond motifs is 1. The lowest BCUT2D eigenvalue weighted by Gasteiger charge is -2.34. The molecule has 1 fully saturated rings. The number of piperidine rings is 1. The number of anilines is 3. The highest BCUT2D eigenvalue weighted by molar-refractivity contribution is 6.40. The Labute approximate surface area is 212 Å². The van der Waals surface area contributed by atoms with Crippen LogP contribution in [0.15, 0.2) is 66.2 Å². The molecule has 1 saturated heterocycles. The quantitative estimate of drug-likeness (QED) is 0.130. The Kier molecular flexibility index (Phi) is 6.70. The lowest BCUT2D eigenvalue weighted by Crippen LogP contribution is -2.35. The molecular formula is C25H22Cl2N8. The Balaban J connectivity index is 1.35. The van der Waals surface area contributed by atoms with Crippen molar-refractivity contribution in [3.8, 4) is 0 Å². The zero-order valence-corrected chi connectivity index (χ0v) is 20.2. The predicted octanol–water partition coefficient (Wildman–Crippen LogP) is 6.36. The number of hydrogen-bond donors (Lipinski definition) is 3. The highest BCUT2D eigenvalue weighted by Gasteiger charge is 2.24. The van der Waals surface area contributed by atoms with Crippen LogP contribution in [0.25, 0.3) is 16.0 Å². The molecular weight excluding hydrogens is 483 g/mol. The molecule has 1 unspecified atom stereocenters. The number of aromatic nitrogens is 3. The Morgan fingerprint density at radius 3 is 2.77 bits per heavy atom. The summed E-state index contributed by atoms with van der Waals surface area (Å²) in [5.41, 5.74) is 3.36. The van der Waals surface area contributed by atoms with Crippen molar-refractivity contribution in [1.29, 1.82) is 0 Å². The summed E-state index contributed by atoms with van der Waals surface area (Å²) >= 11 is 12.5. The Hall–Kier alpha value is -3.80. The van der Waals surface area contributed by atoms with E-state index >= 15 is 0 Å². The first-order chi connectivity index (χ1) is 17.1. The standard InChI is InChI=1S/C25H22Cl2N8/c1-28-34-25(33-22-20(26)8-3-9-21(22)27)32-18-7-2-5-16(13-18)17-6-4-12-35(14-17)24-19-10-11-29-23(19)30-15-31-24/h2-3,5,7-11,13,15,17H,4,6,12,14H2,(H,29,30,31)(H2,32,33,34). The van der Waals surface area contributed by atoms with Gasteiger partial charge in [-0.25, -0.2) is 9.97 Å². The van der Waals surface area contributed by atoms with Crippen molar-refractivity contribution in [3.05, 3.63) is 88.2 Å².